The molecule has 0 aliphatic heterocycles. The van der Waals surface area contributed by atoms with Crippen molar-refractivity contribution < 1.29 is 0 Å². The van der Waals surface area contributed by atoms with E-state index in [1.54, 1.807) is 29.4 Å². The minimum absolute atomic E-state index is 0.755. The van der Waals surface area contributed by atoms with E-state index in [0.717, 1.165) is 47.1 Å². The number of hydrogen-bond acceptors (Lipinski definition) is 5. The first-order valence-corrected chi connectivity index (χ1v) is 10.3. The number of pyridine rings is 1. The van der Waals surface area contributed by atoms with Gasteiger partial charge in [0.25, 0.3) is 0 Å². The van der Waals surface area contributed by atoms with Crippen LogP contribution in [0.5, 0.6) is 0 Å². The van der Waals surface area contributed by atoms with Crippen molar-refractivity contribution in [3.8, 4) is 0 Å². The smallest absolute Gasteiger partial charge is 0.126 e. The molecular weight excluding hydrogens is 382 g/mol. The summed E-state index contributed by atoms with van der Waals surface area (Å²) in [5, 5.41) is 3.98. The Kier molecular flexibility index (Phi) is 4.00. The van der Waals surface area contributed by atoms with Crippen LogP contribution in [0.25, 0.3) is 31.3 Å². The molecule has 0 fully saturated rings. The van der Waals surface area contributed by atoms with Crippen molar-refractivity contribution in [1.82, 2.24) is 15.0 Å². The molecule has 0 N–H and O–H groups in total. The van der Waals surface area contributed by atoms with Gasteiger partial charge in [-0.15, -0.1) is 23.1 Å². The second-order valence-electron chi connectivity index (χ2n) is 5.91. The third-order valence-electron chi connectivity index (χ3n) is 4.20. The Balaban J connectivity index is 1.59. The fraction of sp³-hybridized carbons (Fsp3) is 0.0500. The van der Waals surface area contributed by atoms with Crippen LogP contribution in [-0.2, 0) is 5.75 Å². The fourth-order valence-electron chi connectivity index (χ4n) is 2.92. The van der Waals surface area contributed by atoms with E-state index in [9.17, 15) is 0 Å². The van der Waals surface area contributed by atoms with Crippen LogP contribution in [0.1, 0.15) is 5.56 Å². The van der Waals surface area contributed by atoms with Gasteiger partial charge in [0.2, 0.25) is 0 Å². The molecule has 0 spiro atoms. The third kappa shape index (κ3) is 2.82. The van der Waals surface area contributed by atoms with Crippen molar-refractivity contribution in [3.05, 3.63) is 71.5 Å². The van der Waals surface area contributed by atoms with Gasteiger partial charge in [0.15, 0.2) is 0 Å². The summed E-state index contributed by atoms with van der Waals surface area (Å²) < 4.78 is 1.10. The Morgan fingerprint density at radius 2 is 1.85 bits per heavy atom. The maximum atomic E-state index is 5.96. The number of rotatable bonds is 3. The lowest BCUT2D eigenvalue weighted by atomic mass is 10.2. The summed E-state index contributed by atoms with van der Waals surface area (Å²) in [5.41, 5.74) is 3.21. The van der Waals surface area contributed by atoms with Gasteiger partial charge >= 0.3 is 0 Å². The molecule has 26 heavy (non-hydrogen) atoms. The van der Waals surface area contributed by atoms with Gasteiger partial charge in [-0.05, 0) is 29.8 Å². The van der Waals surface area contributed by atoms with E-state index in [1.165, 1.54) is 5.56 Å². The number of halogens is 1. The predicted octanol–water partition coefficient (Wildman–Crippen LogP) is 6.34. The van der Waals surface area contributed by atoms with Crippen molar-refractivity contribution in [3.63, 3.8) is 0 Å². The molecule has 6 heteroatoms. The van der Waals surface area contributed by atoms with Crippen molar-refractivity contribution in [1.29, 1.82) is 0 Å². The summed E-state index contributed by atoms with van der Waals surface area (Å²) in [6.45, 7) is 0. The third-order valence-corrected chi connectivity index (χ3v) is 6.74. The number of hydrogen-bond donors (Lipinski definition) is 0. The van der Waals surface area contributed by atoms with Gasteiger partial charge in [0.1, 0.15) is 16.2 Å². The van der Waals surface area contributed by atoms with Crippen LogP contribution in [0.3, 0.4) is 0 Å². The van der Waals surface area contributed by atoms with Crippen LogP contribution in [0.2, 0.25) is 5.02 Å². The van der Waals surface area contributed by atoms with E-state index in [4.69, 9.17) is 16.6 Å². The number of thiophene rings is 1. The van der Waals surface area contributed by atoms with Gasteiger partial charge in [0, 0.05) is 21.5 Å². The zero-order chi connectivity index (χ0) is 17.5. The van der Waals surface area contributed by atoms with Gasteiger partial charge in [-0.1, -0.05) is 41.9 Å². The molecule has 0 saturated carbocycles. The molecule has 0 aliphatic rings. The lowest BCUT2D eigenvalue weighted by molar-refractivity contribution is 1.11. The zero-order valence-corrected chi connectivity index (χ0v) is 15.9. The second kappa shape index (κ2) is 6.50. The van der Waals surface area contributed by atoms with Gasteiger partial charge in [-0.2, -0.15) is 0 Å². The molecular formula is C20H12ClN3S2. The average Bonchev–Trinajstić information content (AvgIpc) is 3.04. The highest BCUT2D eigenvalue weighted by molar-refractivity contribution is 7.98. The molecule has 5 aromatic rings. The van der Waals surface area contributed by atoms with Crippen LogP contribution < -0.4 is 0 Å². The monoisotopic (exact) mass is 393 g/mol. The lowest BCUT2D eigenvalue weighted by Gasteiger charge is -2.02. The first kappa shape index (κ1) is 16.0. The number of thioether (sulfide) groups is 1. The van der Waals surface area contributed by atoms with E-state index in [2.05, 4.69) is 22.1 Å². The highest BCUT2D eigenvalue weighted by Gasteiger charge is 2.13. The van der Waals surface area contributed by atoms with Gasteiger partial charge in [-0.25, -0.2) is 15.0 Å². The molecule has 0 saturated heterocycles. The van der Waals surface area contributed by atoms with Crippen LogP contribution in [0.4, 0.5) is 0 Å². The van der Waals surface area contributed by atoms with E-state index < -0.39 is 0 Å². The maximum absolute atomic E-state index is 5.96. The SMILES string of the molecule is Clc1ccc(CSc2ncnc3c2sc2nc4ccccc4cc23)cc1. The summed E-state index contributed by atoms with van der Waals surface area (Å²) in [7, 11) is 0. The Bertz CT molecular complexity index is 1250. The summed E-state index contributed by atoms with van der Waals surface area (Å²) in [6, 6.07) is 18.3. The lowest BCUT2D eigenvalue weighted by Crippen LogP contribution is -1.85. The first-order valence-electron chi connectivity index (χ1n) is 8.08. The predicted molar refractivity (Wildman–Crippen MR) is 111 cm³/mol. The second-order valence-corrected chi connectivity index (χ2v) is 8.31. The molecule has 0 aliphatic carbocycles. The van der Waals surface area contributed by atoms with Crippen LogP contribution in [-0.4, -0.2) is 15.0 Å². The fourth-order valence-corrected chi connectivity index (χ4v) is 5.19. The molecule has 3 heterocycles. The topological polar surface area (TPSA) is 38.7 Å². The number of aromatic nitrogens is 3. The number of nitrogens with zero attached hydrogens (tertiary/aromatic N) is 3. The highest BCUT2D eigenvalue weighted by atomic mass is 35.5. The first-order chi connectivity index (χ1) is 12.8. The molecule has 0 amide bonds. The summed E-state index contributed by atoms with van der Waals surface area (Å²) in [5.74, 6) is 0.840. The van der Waals surface area contributed by atoms with E-state index in [0.29, 0.717) is 0 Å². The van der Waals surface area contributed by atoms with Crippen LogP contribution in [0, 0.1) is 0 Å². The molecule has 126 valence electrons. The quantitative estimate of drug-likeness (QED) is 0.265. The Morgan fingerprint density at radius 1 is 1.00 bits per heavy atom. The molecule has 3 nitrogen and oxygen atoms in total. The van der Waals surface area contributed by atoms with Crippen molar-refractivity contribution in [2.45, 2.75) is 10.8 Å². The normalized spacial score (nSPS) is 11.6. The molecule has 0 unspecified atom stereocenters. The molecule has 5 rings (SSSR count). The molecule has 0 radical (unpaired) electrons. The van der Waals surface area contributed by atoms with Gasteiger partial charge < -0.3 is 0 Å². The van der Waals surface area contributed by atoms with Crippen LogP contribution >= 0.6 is 34.7 Å². The Hall–Kier alpha value is -2.21. The van der Waals surface area contributed by atoms with Gasteiger partial charge in [-0.3, -0.25) is 0 Å². The van der Waals surface area contributed by atoms with E-state index in [-0.39, 0.29) is 0 Å². The largest absolute Gasteiger partial charge is 0.237 e. The van der Waals surface area contributed by atoms with Crippen molar-refractivity contribution in [2.75, 3.05) is 0 Å². The number of benzene rings is 2. The standard InChI is InChI=1S/C20H12ClN3S2/c21-14-7-5-12(6-8-14)10-25-20-18-17(22-11-23-20)15-9-13-3-1-2-4-16(13)24-19(15)26-18/h1-9,11H,10H2. The molecule has 3 aromatic heterocycles. The minimum atomic E-state index is 0.755. The summed E-state index contributed by atoms with van der Waals surface area (Å²) >= 11 is 9.34. The summed E-state index contributed by atoms with van der Waals surface area (Å²) in [4.78, 5) is 14.9. The van der Waals surface area contributed by atoms with E-state index in [1.807, 2.05) is 42.5 Å². The number of para-hydroxylation sites is 1. The highest BCUT2D eigenvalue weighted by Crippen LogP contribution is 2.38. The maximum Gasteiger partial charge on any atom is 0.126 e. The molecule has 2 aromatic carbocycles. The van der Waals surface area contributed by atoms with Gasteiger partial charge in [0.05, 0.1) is 15.7 Å². The van der Waals surface area contributed by atoms with Crippen molar-refractivity contribution >= 4 is 66.0 Å². The molecule has 0 bridgehead atoms. The minimum Gasteiger partial charge on any atom is -0.237 e. The average molecular weight is 394 g/mol. The number of fused-ring (bicyclic) bond motifs is 4. The van der Waals surface area contributed by atoms with E-state index >= 15 is 0 Å². The Labute approximate surface area is 163 Å². The summed E-state index contributed by atoms with van der Waals surface area (Å²) in [6.07, 6.45) is 1.65. The molecule has 0 atom stereocenters. The zero-order valence-electron chi connectivity index (χ0n) is 13.5. The Morgan fingerprint density at radius 3 is 2.73 bits per heavy atom. The van der Waals surface area contributed by atoms with Crippen LogP contribution in [0.15, 0.2) is 66.0 Å². The van der Waals surface area contributed by atoms with Crippen molar-refractivity contribution in [2.24, 2.45) is 0 Å².